The molecule has 64 valence electrons. The van der Waals surface area contributed by atoms with E-state index >= 15 is 0 Å². The summed E-state index contributed by atoms with van der Waals surface area (Å²) in [6.07, 6.45) is 0.265. The third-order valence-corrected chi connectivity index (χ3v) is 1.29. The van der Waals surface area contributed by atoms with E-state index in [1.165, 1.54) is 12.3 Å². The highest BCUT2D eigenvalue weighted by Crippen LogP contribution is 2.00. The first kappa shape index (κ1) is 8.32. The van der Waals surface area contributed by atoms with Gasteiger partial charge in [-0.25, -0.2) is 4.79 Å². The third-order valence-electron chi connectivity index (χ3n) is 1.29. The molecule has 1 aromatic heterocycles. The van der Waals surface area contributed by atoms with Crippen molar-refractivity contribution in [3.05, 3.63) is 28.2 Å². The van der Waals surface area contributed by atoms with Crippen molar-refractivity contribution in [2.75, 3.05) is 5.32 Å². The van der Waals surface area contributed by atoms with Crippen LogP contribution in [-0.2, 0) is 0 Å². The van der Waals surface area contributed by atoms with Crippen molar-refractivity contribution in [3.8, 4) is 0 Å². The fourth-order valence-electron chi connectivity index (χ4n) is 0.800. The molecule has 0 fully saturated rings. The van der Waals surface area contributed by atoms with Crippen LogP contribution in [0.4, 0.5) is 10.5 Å². The molecule has 0 spiro atoms. The van der Waals surface area contributed by atoms with Crippen LogP contribution in [0.15, 0.2) is 17.1 Å². The van der Waals surface area contributed by atoms with E-state index in [4.69, 9.17) is 5.11 Å². The normalized spacial score (nSPS) is 9.42. The summed E-state index contributed by atoms with van der Waals surface area (Å²) in [6.45, 7) is 1.75. The maximum Gasteiger partial charge on any atom is 0.409 e. The van der Waals surface area contributed by atoms with Crippen molar-refractivity contribution in [1.29, 1.82) is 0 Å². The van der Waals surface area contributed by atoms with Gasteiger partial charge < -0.3 is 10.1 Å². The van der Waals surface area contributed by atoms with Crippen LogP contribution < -0.4 is 10.9 Å². The topological polar surface area (TPSA) is 82.2 Å². The van der Waals surface area contributed by atoms with Crippen LogP contribution in [0.5, 0.6) is 0 Å². The van der Waals surface area contributed by atoms with Gasteiger partial charge in [-0.05, 0) is 18.6 Å². The van der Waals surface area contributed by atoms with Crippen molar-refractivity contribution in [3.63, 3.8) is 0 Å². The van der Waals surface area contributed by atoms with Gasteiger partial charge in [0.1, 0.15) is 5.69 Å². The minimum absolute atomic E-state index is 0.0440. The number of carbonyl (C=O) groups is 1. The lowest BCUT2D eigenvalue weighted by Gasteiger charge is -1.99. The Bertz CT molecular complexity index is 356. The fraction of sp³-hybridized carbons (Fsp3) is 0.143. The van der Waals surface area contributed by atoms with E-state index in [9.17, 15) is 9.59 Å². The van der Waals surface area contributed by atoms with E-state index < -0.39 is 11.7 Å². The molecule has 0 aliphatic rings. The first-order valence-corrected chi connectivity index (χ1v) is 3.29. The zero-order valence-corrected chi connectivity index (χ0v) is 6.42. The molecule has 0 unspecified atom stereocenters. The highest BCUT2D eigenvalue weighted by atomic mass is 16.4. The highest BCUT2D eigenvalue weighted by molar-refractivity contribution is 5.82. The van der Waals surface area contributed by atoms with Gasteiger partial charge in [-0.3, -0.25) is 10.1 Å². The number of aromatic amines is 1. The van der Waals surface area contributed by atoms with E-state index in [0.29, 0.717) is 0 Å². The Balaban J connectivity index is 3.06. The van der Waals surface area contributed by atoms with E-state index in [1.807, 2.05) is 5.32 Å². The molecule has 3 N–H and O–H groups in total. The van der Waals surface area contributed by atoms with Crippen LogP contribution in [0.2, 0.25) is 0 Å². The van der Waals surface area contributed by atoms with Gasteiger partial charge in [0.2, 0.25) is 0 Å². The molecule has 0 saturated heterocycles. The van der Waals surface area contributed by atoms with E-state index in [-0.39, 0.29) is 5.69 Å². The molecule has 12 heavy (non-hydrogen) atoms. The van der Waals surface area contributed by atoms with Crippen molar-refractivity contribution >= 4 is 11.8 Å². The predicted octanol–water partition coefficient (Wildman–Crippen LogP) is 0.773. The van der Waals surface area contributed by atoms with Gasteiger partial charge in [-0.2, -0.15) is 0 Å². The summed E-state index contributed by atoms with van der Waals surface area (Å²) >= 11 is 0. The number of pyridine rings is 1. The molecular weight excluding hydrogens is 160 g/mol. The van der Waals surface area contributed by atoms with E-state index in [0.717, 1.165) is 5.56 Å². The minimum Gasteiger partial charge on any atom is -0.465 e. The zero-order chi connectivity index (χ0) is 9.14. The molecule has 1 amide bonds. The Morgan fingerprint density at radius 1 is 1.67 bits per heavy atom. The highest BCUT2D eigenvalue weighted by Gasteiger charge is 2.01. The summed E-state index contributed by atoms with van der Waals surface area (Å²) in [5.74, 6) is 0. The molecule has 0 radical (unpaired) electrons. The lowest BCUT2D eigenvalue weighted by Crippen LogP contribution is -2.17. The summed E-state index contributed by atoms with van der Waals surface area (Å²) < 4.78 is 0. The molecule has 0 saturated carbocycles. The molecule has 0 aliphatic heterocycles. The van der Waals surface area contributed by atoms with Crippen LogP contribution in [0.1, 0.15) is 5.56 Å². The van der Waals surface area contributed by atoms with E-state index in [2.05, 4.69) is 4.98 Å². The second-order valence-electron chi connectivity index (χ2n) is 2.35. The van der Waals surface area contributed by atoms with Crippen LogP contribution in [-0.4, -0.2) is 16.2 Å². The maximum absolute atomic E-state index is 10.9. The smallest absolute Gasteiger partial charge is 0.409 e. The lowest BCUT2D eigenvalue weighted by molar-refractivity contribution is 0.209. The van der Waals surface area contributed by atoms with E-state index in [1.54, 1.807) is 6.92 Å². The number of anilines is 1. The lowest BCUT2D eigenvalue weighted by atomic mass is 10.3. The number of hydrogen-bond donors (Lipinski definition) is 3. The van der Waals surface area contributed by atoms with Crippen LogP contribution >= 0.6 is 0 Å². The number of aryl methyl sites for hydroxylation is 1. The van der Waals surface area contributed by atoms with Gasteiger partial charge in [0.15, 0.2) is 0 Å². The van der Waals surface area contributed by atoms with Crippen LogP contribution in [0, 0.1) is 6.92 Å². The summed E-state index contributed by atoms with van der Waals surface area (Å²) in [5.41, 5.74) is 0.392. The first-order chi connectivity index (χ1) is 5.59. The SMILES string of the molecule is Cc1c[nH]c(=O)c(NC(=O)O)c1. The summed E-state index contributed by atoms with van der Waals surface area (Å²) in [7, 11) is 0. The van der Waals surface area contributed by atoms with Gasteiger partial charge >= 0.3 is 6.09 Å². The summed E-state index contributed by atoms with van der Waals surface area (Å²) in [5, 5.41) is 10.3. The molecule has 0 aliphatic carbocycles. The molecule has 0 atom stereocenters. The number of aromatic nitrogens is 1. The molecule has 0 bridgehead atoms. The first-order valence-electron chi connectivity index (χ1n) is 3.29. The Kier molecular flexibility index (Phi) is 2.14. The Labute approximate surface area is 68.0 Å². The zero-order valence-electron chi connectivity index (χ0n) is 6.42. The van der Waals surface area contributed by atoms with Gasteiger partial charge in [-0.15, -0.1) is 0 Å². The maximum atomic E-state index is 10.9. The Hall–Kier alpha value is -1.78. The van der Waals surface area contributed by atoms with Crippen LogP contribution in [0.25, 0.3) is 0 Å². The second-order valence-corrected chi connectivity index (χ2v) is 2.35. The third kappa shape index (κ3) is 1.85. The number of nitrogens with one attached hydrogen (secondary N) is 2. The van der Waals surface area contributed by atoms with Crippen molar-refractivity contribution in [1.82, 2.24) is 4.98 Å². The molecule has 1 heterocycles. The summed E-state index contributed by atoms with van der Waals surface area (Å²) in [6, 6.07) is 1.47. The Morgan fingerprint density at radius 3 is 2.92 bits per heavy atom. The Morgan fingerprint density at radius 2 is 2.33 bits per heavy atom. The van der Waals surface area contributed by atoms with Crippen molar-refractivity contribution in [2.24, 2.45) is 0 Å². The second kappa shape index (κ2) is 3.08. The molecule has 0 aromatic carbocycles. The predicted molar refractivity (Wildman–Crippen MR) is 43.4 cm³/mol. The molecular formula is C7H8N2O3. The van der Waals surface area contributed by atoms with Crippen molar-refractivity contribution < 1.29 is 9.90 Å². The molecule has 5 heteroatoms. The molecule has 1 rings (SSSR count). The number of rotatable bonds is 1. The quantitative estimate of drug-likeness (QED) is 0.579. The summed E-state index contributed by atoms with van der Waals surface area (Å²) in [4.78, 5) is 23.5. The average Bonchev–Trinajstić information content (AvgIpc) is 1.96. The van der Waals surface area contributed by atoms with Gasteiger partial charge in [0.05, 0.1) is 0 Å². The van der Waals surface area contributed by atoms with Gasteiger partial charge in [-0.1, -0.05) is 0 Å². The van der Waals surface area contributed by atoms with Gasteiger partial charge in [0, 0.05) is 6.20 Å². The monoisotopic (exact) mass is 168 g/mol. The number of carboxylic acid groups (broad SMARTS) is 1. The number of H-pyrrole nitrogens is 1. The average molecular weight is 168 g/mol. The largest absolute Gasteiger partial charge is 0.465 e. The number of amides is 1. The van der Waals surface area contributed by atoms with Crippen LogP contribution in [0.3, 0.4) is 0 Å². The minimum atomic E-state index is -1.24. The van der Waals surface area contributed by atoms with Gasteiger partial charge in [0.25, 0.3) is 5.56 Å². The van der Waals surface area contributed by atoms with Crippen molar-refractivity contribution in [2.45, 2.75) is 6.92 Å². The number of hydrogen-bond acceptors (Lipinski definition) is 2. The fourth-order valence-corrected chi connectivity index (χ4v) is 0.800. The molecule has 1 aromatic rings. The molecule has 5 nitrogen and oxygen atoms in total. The standard InChI is InChI=1S/C7H8N2O3/c1-4-2-5(9-7(11)12)6(10)8-3-4/h2-3,9H,1H3,(H,8,10)(H,11,12).